The van der Waals surface area contributed by atoms with E-state index in [0.29, 0.717) is 11.3 Å². The third-order valence-corrected chi connectivity index (χ3v) is 8.45. The SMILES string of the molecule is O=C(Nc1cncc(-c2ccc3[nH]nc(C4=Nc5cncc(-c6ccccc6F)c5CCCC4)c3c2)c1)C1CCCC1. The molecule has 1 aliphatic heterocycles. The number of aromatic amines is 1. The number of rotatable bonds is 5. The highest BCUT2D eigenvalue weighted by molar-refractivity contribution is 6.10. The van der Waals surface area contributed by atoms with E-state index in [4.69, 9.17) is 4.99 Å². The Hall–Kier alpha value is -4.72. The lowest BCUT2D eigenvalue weighted by atomic mass is 9.94. The summed E-state index contributed by atoms with van der Waals surface area (Å²) in [6.07, 6.45) is 14.6. The van der Waals surface area contributed by atoms with Gasteiger partial charge in [-0.15, -0.1) is 0 Å². The van der Waals surface area contributed by atoms with Gasteiger partial charge in [0.2, 0.25) is 5.91 Å². The average Bonchev–Trinajstić information content (AvgIpc) is 3.69. The number of H-pyrrole nitrogens is 1. The normalized spacial score (nSPS) is 15.6. The first-order valence-corrected chi connectivity index (χ1v) is 14.7. The first-order chi connectivity index (χ1) is 20.6. The topological polar surface area (TPSA) is 95.9 Å². The zero-order valence-corrected chi connectivity index (χ0v) is 23.2. The fourth-order valence-electron chi connectivity index (χ4n) is 6.23. The highest BCUT2D eigenvalue weighted by Crippen LogP contribution is 2.36. The van der Waals surface area contributed by atoms with E-state index in [1.54, 1.807) is 30.7 Å². The Morgan fingerprint density at radius 2 is 1.69 bits per heavy atom. The first kappa shape index (κ1) is 26.2. The second-order valence-corrected chi connectivity index (χ2v) is 11.2. The van der Waals surface area contributed by atoms with E-state index >= 15 is 0 Å². The first-order valence-electron chi connectivity index (χ1n) is 14.7. The van der Waals surface area contributed by atoms with Crippen LogP contribution in [-0.2, 0) is 11.2 Å². The molecule has 1 fully saturated rings. The monoisotopic (exact) mass is 558 g/mol. The maximum absolute atomic E-state index is 14.7. The summed E-state index contributed by atoms with van der Waals surface area (Å²) in [7, 11) is 0. The molecule has 0 saturated heterocycles. The lowest BCUT2D eigenvalue weighted by Crippen LogP contribution is -2.20. The summed E-state index contributed by atoms with van der Waals surface area (Å²) in [6.45, 7) is 0. The highest BCUT2D eigenvalue weighted by atomic mass is 19.1. The van der Waals surface area contributed by atoms with Crippen molar-refractivity contribution in [1.82, 2.24) is 20.2 Å². The van der Waals surface area contributed by atoms with Crippen LogP contribution in [0.15, 0.2) is 78.3 Å². The summed E-state index contributed by atoms with van der Waals surface area (Å²) in [6, 6.07) is 14.9. The number of nitrogens with zero attached hydrogens (tertiary/aromatic N) is 4. The van der Waals surface area contributed by atoms with Gasteiger partial charge in [0.25, 0.3) is 0 Å². The molecule has 4 heterocycles. The Kier molecular flexibility index (Phi) is 7.03. The number of fused-ring (bicyclic) bond motifs is 2. The Balaban J connectivity index is 1.24. The van der Waals surface area contributed by atoms with Crippen LogP contribution in [0.2, 0.25) is 0 Å². The van der Waals surface area contributed by atoms with Gasteiger partial charge in [0, 0.05) is 40.4 Å². The Bertz CT molecular complexity index is 1820. The van der Waals surface area contributed by atoms with Crippen molar-refractivity contribution in [1.29, 1.82) is 0 Å². The second-order valence-electron chi connectivity index (χ2n) is 11.2. The summed E-state index contributed by atoms with van der Waals surface area (Å²) in [5.74, 6) is -0.0955. The van der Waals surface area contributed by atoms with Crippen LogP contribution < -0.4 is 5.32 Å². The molecule has 0 radical (unpaired) electrons. The molecule has 2 aromatic carbocycles. The summed E-state index contributed by atoms with van der Waals surface area (Å²) in [4.78, 5) is 26.6. The smallest absolute Gasteiger partial charge is 0.227 e. The molecule has 1 aliphatic carbocycles. The van der Waals surface area contributed by atoms with E-state index in [0.717, 1.165) is 102 Å². The van der Waals surface area contributed by atoms with Crippen molar-refractivity contribution in [2.75, 3.05) is 5.32 Å². The summed E-state index contributed by atoms with van der Waals surface area (Å²) in [5.41, 5.74) is 8.29. The van der Waals surface area contributed by atoms with Crippen LogP contribution in [0, 0.1) is 11.7 Å². The van der Waals surface area contributed by atoms with Crippen molar-refractivity contribution in [2.45, 2.75) is 51.4 Å². The van der Waals surface area contributed by atoms with Crippen molar-refractivity contribution >= 4 is 33.9 Å². The molecule has 2 aliphatic rings. The molecule has 5 aromatic rings. The molecular weight excluding hydrogens is 527 g/mol. The molecule has 0 spiro atoms. The van der Waals surface area contributed by atoms with Crippen molar-refractivity contribution in [3.8, 4) is 22.3 Å². The van der Waals surface area contributed by atoms with Crippen LogP contribution in [0.5, 0.6) is 0 Å². The third kappa shape index (κ3) is 5.09. The maximum Gasteiger partial charge on any atom is 0.227 e. The number of benzene rings is 2. The third-order valence-electron chi connectivity index (χ3n) is 8.45. The van der Waals surface area contributed by atoms with Gasteiger partial charge < -0.3 is 5.32 Å². The van der Waals surface area contributed by atoms with Gasteiger partial charge >= 0.3 is 0 Å². The molecule has 8 heteroatoms. The summed E-state index contributed by atoms with van der Waals surface area (Å²) in [5, 5.41) is 11.9. The molecule has 1 amide bonds. The fourth-order valence-corrected chi connectivity index (χ4v) is 6.23. The Labute approximate surface area is 243 Å². The van der Waals surface area contributed by atoms with Crippen molar-refractivity contribution < 1.29 is 9.18 Å². The van der Waals surface area contributed by atoms with E-state index < -0.39 is 0 Å². The molecule has 0 bridgehead atoms. The number of anilines is 1. The maximum atomic E-state index is 14.7. The van der Waals surface area contributed by atoms with Gasteiger partial charge in [-0.1, -0.05) is 37.1 Å². The van der Waals surface area contributed by atoms with Gasteiger partial charge in [-0.05, 0) is 73.9 Å². The van der Waals surface area contributed by atoms with E-state index in [9.17, 15) is 9.18 Å². The number of amides is 1. The summed E-state index contributed by atoms with van der Waals surface area (Å²) < 4.78 is 14.7. The van der Waals surface area contributed by atoms with Crippen molar-refractivity contribution in [3.63, 3.8) is 0 Å². The highest BCUT2D eigenvalue weighted by Gasteiger charge is 2.23. The Morgan fingerprint density at radius 3 is 2.57 bits per heavy atom. The number of nitrogens with one attached hydrogen (secondary N) is 2. The molecule has 210 valence electrons. The lowest BCUT2D eigenvalue weighted by Gasteiger charge is -2.16. The van der Waals surface area contributed by atoms with Crippen LogP contribution in [0.1, 0.15) is 56.2 Å². The largest absolute Gasteiger partial charge is 0.324 e. The van der Waals surface area contributed by atoms with Gasteiger partial charge in [-0.2, -0.15) is 5.10 Å². The van der Waals surface area contributed by atoms with Gasteiger partial charge in [0.1, 0.15) is 11.5 Å². The zero-order chi connectivity index (χ0) is 28.5. The minimum absolute atomic E-state index is 0.0780. The predicted octanol–water partition coefficient (Wildman–Crippen LogP) is 7.80. The molecule has 1 saturated carbocycles. The van der Waals surface area contributed by atoms with Gasteiger partial charge in [-0.3, -0.25) is 19.9 Å². The number of aliphatic imine (C=N–C) groups is 1. The molecular formula is C34H31FN6O. The molecule has 7 rings (SSSR count). The number of hydrogen-bond donors (Lipinski definition) is 2. The van der Waals surface area contributed by atoms with Crippen LogP contribution in [0.25, 0.3) is 33.2 Å². The standard InChI is InChI=1S/C34H31FN6O/c35-29-11-5-3-9-25(29)28-19-37-20-32-26(28)10-4-6-12-31(39-32)33-27-16-22(13-14-30(27)40-41-33)23-15-24(18-36-17-23)38-34(42)21-7-1-2-8-21/h3,5,9,11,13-21H,1-2,4,6-8,10,12H2,(H,38,42)(H,40,41). The minimum Gasteiger partial charge on any atom is -0.324 e. The zero-order valence-electron chi connectivity index (χ0n) is 23.2. The number of carbonyl (C=O) groups is 1. The number of aromatic nitrogens is 4. The Morgan fingerprint density at radius 1 is 0.857 bits per heavy atom. The number of pyridine rings is 2. The van der Waals surface area contributed by atoms with Crippen LogP contribution >= 0.6 is 0 Å². The van der Waals surface area contributed by atoms with Gasteiger partial charge in [0.05, 0.1) is 35.0 Å². The van der Waals surface area contributed by atoms with E-state index in [2.05, 4.69) is 31.5 Å². The van der Waals surface area contributed by atoms with Crippen LogP contribution in [0.3, 0.4) is 0 Å². The molecule has 0 atom stereocenters. The van der Waals surface area contributed by atoms with E-state index in [-0.39, 0.29) is 17.6 Å². The average molecular weight is 559 g/mol. The van der Waals surface area contributed by atoms with E-state index in [1.165, 1.54) is 6.07 Å². The lowest BCUT2D eigenvalue weighted by molar-refractivity contribution is -0.119. The molecule has 3 aromatic heterocycles. The number of carbonyl (C=O) groups excluding carboxylic acids is 1. The molecule has 7 nitrogen and oxygen atoms in total. The molecule has 2 N–H and O–H groups in total. The summed E-state index contributed by atoms with van der Waals surface area (Å²) >= 11 is 0. The second kappa shape index (κ2) is 11.3. The number of hydrogen-bond acceptors (Lipinski definition) is 5. The van der Waals surface area contributed by atoms with Crippen molar-refractivity contribution in [3.05, 3.63) is 90.4 Å². The van der Waals surface area contributed by atoms with Crippen LogP contribution in [-0.4, -0.2) is 31.8 Å². The quantitative estimate of drug-likeness (QED) is 0.230. The minimum atomic E-state index is -0.263. The van der Waals surface area contributed by atoms with Gasteiger partial charge in [0.15, 0.2) is 0 Å². The molecule has 42 heavy (non-hydrogen) atoms. The predicted molar refractivity (Wildman–Crippen MR) is 163 cm³/mol. The molecule has 0 unspecified atom stereocenters. The van der Waals surface area contributed by atoms with Gasteiger partial charge in [-0.25, -0.2) is 9.38 Å². The van der Waals surface area contributed by atoms with E-state index in [1.807, 2.05) is 30.5 Å². The fraction of sp³-hybridized carbons (Fsp3) is 0.265. The van der Waals surface area contributed by atoms with Crippen molar-refractivity contribution in [2.24, 2.45) is 10.9 Å². The number of halogens is 1. The van der Waals surface area contributed by atoms with Crippen LogP contribution in [0.4, 0.5) is 15.8 Å².